The van der Waals surface area contributed by atoms with Crippen LogP contribution in [0.25, 0.3) is 22.2 Å². The molecule has 1 aliphatic rings. The number of carboxylic acids is 1. The number of likely N-dealkylation sites (N-methyl/N-ethyl adjacent to an activating group) is 1. The van der Waals surface area contributed by atoms with Crippen LogP contribution in [-0.4, -0.2) is 56.8 Å². The van der Waals surface area contributed by atoms with E-state index in [0.29, 0.717) is 23.7 Å². The van der Waals surface area contributed by atoms with E-state index in [0.717, 1.165) is 41.8 Å². The largest absolute Gasteiger partial charge is 0.506 e. The molecule has 3 heterocycles. The molecule has 3 aromatic rings. The number of likely N-dealkylation sites (tertiary alicyclic amines) is 1. The number of aromatic carboxylic acids is 1. The smallest absolute Gasteiger partial charge is 0.345 e. The number of fused-ring (bicyclic) bond motifs is 1. The zero-order chi connectivity index (χ0) is 21.6. The monoisotopic (exact) mass is 410 g/mol. The van der Waals surface area contributed by atoms with Crippen molar-refractivity contribution in [3.63, 3.8) is 0 Å². The van der Waals surface area contributed by atoms with Crippen LogP contribution < -0.4 is 10.9 Å². The Morgan fingerprint density at radius 3 is 2.63 bits per heavy atom. The van der Waals surface area contributed by atoms with Crippen LogP contribution in [0.4, 0.5) is 0 Å². The number of aryl methyl sites for hydroxylation is 1. The Hall–Kier alpha value is -3.10. The zero-order valence-corrected chi connectivity index (χ0v) is 17.3. The van der Waals surface area contributed by atoms with Gasteiger partial charge in [-0.3, -0.25) is 4.79 Å². The van der Waals surface area contributed by atoms with E-state index >= 15 is 0 Å². The summed E-state index contributed by atoms with van der Waals surface area (Å²) >= 11 is 0. The highest BCUT2D eigenvalue weighted by molar-refractivity contribution is 5.92. The highest BCUT2D eigenvalue weighted by atomic mass is 16.4. The Balaban J connectivity index is 1.72. The van der Waals surface area contributed by atoms with Crippen LogP contribution in [0, 0.1) is 0 Å². The van der Waals surface area contributed by atoms with Gasteiger partial charge in [0.1, 0.15) is 5.75 Å². The number of carbonyl (C=O) groups is 1. The predicted octanol–water partition coefficient (Wildman–Crippen LogP) is 1.90. The number of H-pyrrole nitrogens is 1. The summed E-state index contributed by atoms with van der Waals surface area (Å²) in [5.41, 5.74) is 2.39. The van der Waals surface area contributed by atoms with Gasteiger partial charge < -0.3 is 30.0 Å². The predicted molar refractivity (Wildman–Crippen MR) is 115 cm³/mol. The van der Waals surface area contributed by atoms with Crippen molar-refractivity contribution in [3.8, 4) is 17.0 Å². The second-order valence-electron chi connectivity index (χ2n) is 7.96. The summed E-state index contributed by atoms with van der Waals surface area (Å²) in [5, 5.41) is 24.2. The first-order chi connectivity index (χ1) is 14.3. The van der Waals surface area contributed by atoms with Gasteiger partial charge in [0.2, 0.25) is 0 Å². The van der Waals surface area contributed by atoms with E-state index in [9.17, 15) is 19.8 Å². The Bertz CT molecular complexity index is 1190. The molecule has 0 spiro atoms. The molecule has 0 radical (unpaired) electrons. The van der Waals surface area contributed by atoms with Gasteiger partial charge in [-0.1, -0.05) is 13.0 Å². The SMILES string of the molecule is CCc1c(-c2ccc3c(c2)cc(CNC2CN(C)C2)n3C)[nH]c(=O)c(C(=O)O)c1O. The van der Waals surface area contributed by atoms with Gasteiger partial charge in [-0.05, 0) is 37.2 Å². The fourth-order valence-corrected chi connectivity index (χ4v) is 4.23. The summed E-state index contributed by atoms with van der Waals surface area (Å²) in [7, 11) is 4.13. The number of rotatable bonds is 6. The molecule has 0 amide bonds. The standard InChI is InChI=1S/C22H26N4O4/c1-4-16-19(24-21(28)18(20(16)27)22(29)30)12-5-6-17-13(7-12)8-15(26(17)3)9-23-14-10-25(2)11-14/h5-8,14,23H,4,9-11H2,1-3H3,(H,29,30)(H2,24,27,28). The van der Waals surface area contributed by atoms with E-state index in [4.69, 9.17) is 0 Å². The van der Waals surface area contributed by atoms with Crippen molar-refractivity contribution in [3.05, 3.63) is 51.4 Å². The number of hydrogen-bond acceptors (Lipinski definition) is 5. The minimum atomic E-state index is -1.44. The number of pyridine rings is 1. The highest BCUT2D eigenvalue weighted by Gasteiger charge is 2.23. The molecule has 0 saturated carbocycles. The highest BCUT2D eigenvalue weighted by Crippen LogP contribution is 2.32. The van der Waals surface area contributed by atoms with Crippen molar-refractivity contribution < 1.29 is 15.0 Å². The van der Waals surface area contributed by atoms with Gasteiger partial charge in [-0.25, -0.2) is 4.79 Å². The van der Waals surface area contributed by atoms with Crippen LogP contribution >= 0.6 is 0 Å². The molecule has 1 fully saturated rings. The van der Waals surface area contributed by atoms with Crippen molar-refractivity contribution in [2.75, 3.05) is 20.1 Å². The molecule has 0 atom stereocenters. The van der Waals surface area contributed by atoms with Crippen LogP contribution in [0.2, 0.25) is 0 Å². The lowest BCUT2D eigenvalue weighted by atomic mass is 9.99. The first kappa shape index (κ1) is 20.2. The Morgan fingerprint density at radius 1 is 1.27 bits per heavy atom. The molecular weight excluding hydrogens is 384 g/mol. The molecule has 2 aromatic heterocycles. The van der Waals surface area contributed by atoms with Crippen LogP contribution in [-0.2, 0) is 20.0 Å². The van der Waals surface area contributed by atoms with E-state index in [-0.39, 0.29) is 0 Å². The number of carboxylic acid groups (broad SMARTS) is 1. The lowest BCUT2D eigenvalue weighted by molar-refractivity contribution is 0.0691. The van der Waals surface area contributed by atoms with E-state index in [2.05, 4.69) is 32.9 Å². The third kappa shape index (κ3) is 3.38. The molecule has 4 rings (SSSR count). The Labute approximate surface area is 173 Å². The van der Waals surface area contributed by atoms with Gasteiger partial charge in [0, 0.05) is 54.9 Å². The third-order valence-electron chi connectivity index (χ3n) is 5.92. The molecule has 0 aliphatic carbocycles. The third-order valence-corrected chi connectivity index (χ3v) is 5.92. The number of nitrogens with one attached hydrogen (secondary N) is 2. The fraction of sp³-hybridized carbons (Fsp3) is 0.364. The Kier molecular flexibility index (Phi) is 5.13. The lowest BCUT2D eigenvalue weighted by Crippen LogP contribution is -2.55. The maximum atomic E-state index is 12.3. The second-order valence-corrected chi connectivity index (χ2v) is 7.96. The molecule has 8 nitrogen and oxygen atoms in total. The molecule has 8 heteroatoms. The van der Waals surface area contributed by atoms with Crippen LogP contribution in [0.5, 0.6) is 5.75 Å². The molecule has 30 heavy (non-hydrogen) atoms. The average molecular weight is 410 g/mol. The fourth-order valence-electron chi connectivity index (χ4n) is 4.23. The van der Waals surface area contributed by atoms with Gasteiger partial charge in [0.15, 0.2) is 5.56 Å². The molecule has 1 aromatic carbocycles. The molecule has 4 N–H and O–H groups in total. The van der Waals surface area contributed by atoms with Crippen molar-refractivity contribution in [2.45, 2.75) is 25.9 Å². The normalized spacial score (nSPS) is 14.9. The number of benzene rings is 1. The molecule has 0 bridgehead atoms. The number of aromatic hydroxyl groups is 1. The summed E-state index contributed by atoms with van der Waals surface area (Å²) in [4.78, 5) is 28.5. The number of hydrogen-bond donors (Lipinski definition) is 4. The number of aromatic amines is 1. The molecular formula is C22H26N4O4. The van der Waals surface area contributed by atoms with Crippen molar-refractivity contribution in [1.82, 2.24) is 19.8 Å². The zero-order valence-electron chi connectivity index (χ0n) is 17.3. The minimum Gasteiger partial charge on any atom is -0.506 e. The lowest BCUT2D eigenvalue weighted by Gasteiger charge is -2.36. The molecule has 1 aliphatic heterocycles. The van der Waals surface area contributed by atoms with E-state index < -0.39 is 22.8 Å². The van der Waals surface area contributed by atoms with Crippen LogP contribution in [0.15, 0.2) is 29.1 Å². The maximum Gasteiger partial charge on any atom is 0.345 e. The van der Waals surface area contributed by atoms with Gasteiger partial charge in [-0.15, -0.1) is 0 Å². The average Bonchev–Trinajstić information content (AvgIpc) is 2.98. The van der Waals surface area contributed by atoms with E-state index in [1.165, 1.54) is 0 Å². The molecule has 0 unspecified atom stereocenters. The number of aromatic nitrogens is 2. The second kappa shape index (κ2) is 7.62. The van der Waals surface area contributed by atoms with Crippen molar-refractivity contribution >= 4 is 16.9 Å². The van der Waals surface area contributed by atoms with Crippen LogP contribution in [0.1, 0.15) is 28.5 Å². The molecule has 158 valence electrons. The van der Waals surface area contributed by atoms with Crippen LogP contribution in [0.3, 0.4) is 0 Å². The summed E-state index contributed by atoms with van der Waals surface area (Å²) < 4.78 is 2.14. The summed E-state index contributed by atoms with van der Waals surface area (Å²) in [6.45, 7) is 4.68. The van der Waals surface area contributed by atoms with Gasteiger partial charge in [0.25, 0.3) is 5.56 Å². The van der Waals surface area contributed by atoms with Gasteiger partial charge in [0.05, 0.1) is 5.69 Å². The maximum absolute atomic E-state index is 12.3. The Morgan fingerprint density at radius 2 is 2.00 bits per heavy atom. The quantitative estimate of drug-likeness (QED) is 0.494. The van der Waals surface area contributed by atoms with Gasteiger partial charge in [-0.2, -0.15) is 0 Å². The van der Waals surface area contributed by atoms with Crippen molar-refractivity contribution in [2.24, 2.45) is 7.05 Å². The summed E-state index contributed by atoms with van der Waals surface area (Å²) in [6.07, 6.45) is 0.385. The number of nitrogens with zero attached hydrogens (tertiary/aromatic N) is 2. The van der Waals surface area contributed by atoms with E-state index in [1.807, 2.05) is 32.2 Å². The summed E-state index contributed by atoms with van der Waals surface area (Å²) in [6, 6.07) is 8.44. The first-order valence-corrected chi connectivity index (χ1v) is 10.0. The minimum absolute atomic E-state index is 0.385. The van der Waals surface area contributed by atoms with E-state index in [1.54, 1.807) is 0 Å². The van der Waals surface area contributed by atoms with Gasteiger partial charge >= 0.3 is 5.97 Å². The first-order valence-electron chi connectivity index (χ1n) is 10.0. The molecule has 1 saturated heterocycles. The van der Waals surface area contributed by atoms with Crippen molar-refractivity contribution in [1.29, 1.82) is 0 Å². The topological polar surface area (TPSA) is 111 Å². The summed E-state index contributed by atoms with van der Waals surface area (Å²) in [5.74, 6) is -1.91.